The molecule has 0 fully saturated rings. The van der Waals surface area contributed by atoms with Crippen molar-refractivity contribution in [1.29, 1.82) is 0 Å². The van der Waals surface area contributed by atoms with Gasteiger partial charge in [-0.25, -0.2) is 0 Å². The van der Waals surface area contributed by atoms with Gasteiger partial charge in [0.05, 0.1) is 7.11 Å². The topological polar surface area (TPSA) is 9.23 Å². The van der Waals surface area contributed by atoms with E-state index in [0.29, 0.717) is 0 Å². The Hall–Kier alpha value is -1.93. The molecule has 0 saturated carbocycles. The maximum atomic E-state index is 5.19. The normalized spacial score (nSPS) is 10.5. The monoisotopic (exact) mass is 253 g/mol. The maximum Gasteiger partial charge on any atom is 0.238 e. The molecule has 2 aromatic carbocycles. The molecule has 0 aliphatic carbocycles. The number of ether oxygens (including phenoxy) is 1. The lowest BCUT2D eigenvalue weighted by molar-refractivity contribution is 0.415. The third-order valence-corrected chi connectivity index (χ3v) is 3.89. The van der Waals surface area contributed by atoms with Gasteiger partial charge < -0.3 is 4.74 Å². The number of methoxy groups -OCH3 is 1. The van der Waals surface area contributed by atoms with Crippen LogP contribution in [0.4, 0.5) is 0 Å². The molecule has 0 amide bonds. The lowest BCUT2D eigenvalue weighted by atomic mass is 10.0. The number of rotatable bonds is 2. The minimum atomic E-state index is 0.891. The molecule has 1 aromatic heterocycles. The summed E-state index contributed by atoms with van der Waals surface area (Å²) in [6, 6.07) is 18.9. The van der Waals surface area contributed by atoms with Gasteiger partial charge in [-0.2, -0.15) is 0 Å². The van der Waals surface area contributed by atoms with Crippen LogP contribution in [0.2, 0.25) is 0 Å². The molecule has 88 valence electrons. The van der Waals surface area contributed by atoms with E-state index in [4.69, 9.17) is 4.74 Å². The van der Waals surface area contributed by atoms with Gasteiger partial charge in [0.2, 0.25) is 16.0 Å². The van der Waals surface area contributed by atoms with Gasteiger partial charge in [-0.05, 0) is 29.3 Å². The predicted octanol–water partition coefficient (Wildman–Crippen LogP) is 4.86. The summed E-state index contributed by atoms with van der Waals surface area (Å²) in [5.74, 6) is 0.891. The summed E-state index contributed by atoms with van der Waals surface area (Å²) in [6.45, 7) is 0. The third-order valence-electron chi connectivity index (χ3n) is 3.01. The second-order valence-electron chi connectivity index (χ2n) is 4.06. The largest absolute Gasteiger partial charge is 0.497 e. The van der Waals surface area contributed by atoms with E-state index in [1.54, 1.807) is 18.4 Å². The van der Waals surface area contributed by atoms with Crippen molar-refractivity contribution >= 4 is 21.4 Å². The Morgan fingerprint density at radius 1 is 0.889 bits per heavy atom. The summed E-state index contributed by atoms with van der Waals surface area (Å²) in [4.78, 5) is 0. The van der Waals surface area contributed by atoms with Crippen molar-refractivity contribution in [2.75, 3.05) is 7.11 Å². The first-order chi connectivity index (χ1) is 8.88. The average molecular weight is 253 g/mol. The molecule has 3 rings (SSSR count). The summed E-state index contributed by atoms with van der Waals surface area (Å²) < 4.78 is 6.51. The lowest BCUT2D eigenvalue weighted by Crippen LogP contribution is -1.83. The van der Waals surface area contributed by atoms with Crippen LogP contribution >= 0.6 is 11.3 Å². The first-order valence-corrected chi connectivity index (χ1v) is 6.70. The molecule has 3 aromatic rings. The summed E-state index contributed by atoms with van der Waals surface area (Å²) >= 11 is 1.77. The van der Waals surface area contributed by atoms with E-state index in [1.165, 1.54) is 21.2 Å². The molecule has 2 heteroatoms. The van der Waals surface area contributed by atoms with E-state index in [2.05, 4.69) is 47.8 Å². The maximum absolute atomic E-state index is 5.19. The van der Waals surface area contributed by atoms with Crippen molar-refractivity contribution in [3.05, 3.63) is 60.0 Å². The molecular weight excluding hydrogens is 240 g/mol. The van der Waals surface area contributed by atoms with Crippen LogP contribution in [0.25, 0.3) is 21.2 Å². The fourth-order valence-corrected chi connectivity index (χ4v) is 2.89. The van der Waals surface area contributed by atoms with E-state index in [1.807, 2.05) is 12.1 Å². The molecular formula is C16H13OS+. The van der Waals surface area contributed by atoms with Gasteiger partial charge in [0.25, 0.3) is 0 Å². The fourth-order valence-electron chi connectivity index (χ4n) is 2.08. The Balaban J connectivity index is 2.18. The van der Waals surface area contributed by atoms with Crippen molar-refractivity contribution in [3.8, 4) is 16.9 Å². The predicted molar refractivity (Wildman–Crippen MR) is 78.2 cm³/mol. The van der Waals surface area contributed by atoms with E-state index in [0.717, 1.165) is 5.75 Å². The molecule has 0 N–H and O–H groups in total. The van der Waals surface area contributed by atoms with Crippen LogP contribution in [0, 0.1) is 0 Å². The lowest BCUT2D eigenvalue weighted by Gasteiger charge is -2.04. The zero-order valence-electron chi connectivity index (χ0n) is 10.1. The average Bonchev–Trinajstić information content (AvgIpc) is 2.47. The Morgan fingerprint density at radius 3 is 2.44 bits per heavy atom. The highest BCUT2D eigenvalue weighted by Gasteiger charge is 2.09. The van der Waals surface area contributed by atoms with Gasteiger partial charge in [-0.3, -0.25) is 0 Å². The first kappa shape index (κ1) is 11.2. The Kier molecular flexibility index (Phi) is 2.95. The van der Waals surface area contributed by atoms with E-state index in [9.17, 15) is 0 Å². The van der Waals surface area contributed by atoms with Crippen LogP contribution < -0.4 is 4.74 Å². The van der Waals surface area contributed by atoms with Crippen LogP contribution in [-0.4, -0.2) is 7.11 Å². The quantitative estimate of drug-likeness (QED) is 0.593. The fraction of sp³-hybridized carbons (Fsp3) is 0.0625. The molecule has 0 aliphatic heterocycles. The molecule has 0 aliphatic rings. The van der Waals surface area contributed by atoms with Crippen molar-refractivity contribution in [2.24, 2.45) is 0 Å². The van der Waals surface area contributed by atoms with Crippen molar-refractivity contribution in [3.63, 3.8) is 0 Å². The second-order valence-corrected chi connectivity index (χ2v) is 5.01. The highest BCUT2D eigenvalue weighted by atomic mass is 32.1. The molecule has 0 atom stereocenters. The van der Waals surface area contributed by atoms with Gasteiger partial charge >= 0.3 is 0 Å². The number of benzene rings is 2. The van der Waals surface area contributed by atoms with E-state index in [-0.39, 0.29) is 0 Å². The molecule has 1 nitrogen and oxygen atoms in total. The van der Waals surface area contributed by atoms with Gasteiger partial charge in [-0.15, -0.1) is 0 Å². The standard InChI is InChI=1S/C16H13OS/c1-17-13-8-6-12(7-9-13)14-10-11-18-16-5-3-2-4-15(14)16/h2-11H,1H3/q+1. The summed E-state index contributed by atoms with van der Waals surface area (Å²) in [5.41, 5.74) is 2.49. The number of hydrogen-bond donors (Lipinski definition) is 0. The second kappa shape index (κ2) is 4.75. The number of fused-ring (bicyclic) bond motifs is 1. The van der Waals surface area contributed by atoms with Crippen LogP contribution in [0.5, 0.6) is 5.75 Å². The van der Waals surface area contributed by atoms with Crippen LogP contribution in [0.3, 0.4) is 0 Å². The van der Waals surface area contributed by atoms with Crippen LogP contribution in [0.15, 0.2) is 60.0 Å². The smallest absolute Gasteiger partial charge is 0.238 e. The molecule has 0 unspecified atom stereocenters. The van der Waals surface area contributed by atoms with Gasteiger partial charge in [0.1, 0.15) is 5.75 Å². The van der Waals surface area contributed by atoms with E-state index < -0.39 is 0 Å². The van der Waals surface area contributed by atoms with Crippen LogP contribution in [-0.2, 0) is 0 Å². The molecule has 0 saturated heterocycles. The van der Waals surface area contributed by atoms with Gasteiger partial charge in [0.15, 0.2) is 5.38 Å². The van der Waals surface area contributed by atoms with Crippen molar-refractivity contribution in [2.45, 2.75) is 0 Å². The Morgan fingerprint density at radius 2 is 1.67 bits per heavy atom. The van der Waals surface area contributed by atoms with Gasteiger partial charge in [-0.1, -0.05) is 24.3 Å². The summed E-state index contributed by atoms with van der Waals surface area (Å²) in [6.07, 6.45) is 0. The Bertz CT molecular complexity index is 669. The zero-order chi connectivity index (χ0) is 12.4. The SMILES string of the molecule is COc1ccc(-c2cc[s+]c3ccccc23)cc1. The zero-order valence-corrected chi connectivity index (χ0v) is 10.9. The molecule has 0 bridgehead atoms. The summed E-state index contributed by atoms with van der Waals surface area (Å²) in [7, 11) is 1.69. The Labute approximate surface area is 110 Å². The van der Waals surface area contributed by atoms with Gasteiger partial charge in [0, 0.05) is 17.5 Å². The first-order valence-electron chi connectivity index (χ1n) is 5.82. The summed E-state index contributed by atoms with van der Waals surface area (Å²) in [5, 5.41) is 3.44. The highest BCUT2D eigenvalue weighted by molar-refractivity contribution is 7.16. The van der Waals surface area contributed by atoms with Crippen molar-refractivity contribution < 1.29 is 4.74 Å². The highest BCUT2D eigenvalue weighted by Crippen LogP contribution is 2.31. The molecule has 18 heavy (non-hydrogen) atoms. The minimum Gasteiger partial charge on any atom is -0.497 e. The van der Waals surface area contributed by atoms with E-state index >= 15 is 0 Å². The molecule has 0 spiro atoms. The molecule has 1 heterocycles. The molecule has 0 radical (unpaired) electrons. The van der Waals surface area contributed by atoms with Crippen molar-refractivity contribution in [1.82, 2.24) is 0 Å². The minimum absolute atomic E-state index is 0.891. The van der Waals surface area contributed by atoms with Crippen LogP contribution in [0.1, 0.15) is 0 Å². The third kappa shape index (κ3) is 1.95. The number of hydrogen-bond acceptors (Lipinski definition) is 1.